The number of ether oxygens (including phenoxy) is 1. The highest BCUT2D eigenvalue weighted by molar-refractivity contribution is 6.31. The summed E-state index contributed by atoms with van der Waals surface area (Å²) in [6.07, 6.45) is 4.03. The lowest BCUT2D eigenvalue weighted by molar-refractivity contribution is 0.0992. The number of halogens is 2. The first-order valence-corrected chi connectivity index (χ1v) is 10.5. The molecule has 0 aliphatic rings. The van der Waals surface area contributed by atoms with E-state index in [-0.39, 0.29) is 18.9 Å². The number of carbonyl (C=O) groups is 1. The van der Waals surface area contributed by atoms with Crippen molar-refractivity contribution < 1.29 is 18.3 Å². The maximum atomic E-state index is 14.0. The van der Waals surface area contributed by atoms with Gasteiger partial charge in [0.05, 0.1) is 18.4 Å². The van der Waals surface area contributed by atoms with Crippen molar-refractivity contribution in [2.75, 3.05) is 5.32 Å². The fourth-order valence-electron chi connectivity index (χ4n) is 3.11. The number of hydrogen-bond donors (Lipinski definition) is 1. The molecular weight excluding hydrogens is 433 g/mol. The molecule has 0 radical (unpaired) electrons. The number of aryl methyl sites for hydroxylation is 1. The van der Waals surface area contributed by atoms with E-state index in [1.54, 1.807) is 30.5 Å². The van der Waals surface area contributed by atoms with E-state index in [1.807, 2.05) is 24.3 Å². The third-order valence-corrected chi connectivity index (χ3v) is 5.23. The Labute approximate surface area is 189 Å². The van der Waals surface area contributed by atoms with E-state index in [4.69, 9.17) is 20.8 Å². The van der Waals surface area contributed by atoms with Crippen molar-refractivity contribution in [3.05, 3.63) is 100 Å². The van der Waals surface area contributed by atoms with E-state index in [1.165, 1.54) is 22.5 Å². The van der Waals surface area contributed by atoms with Crippen LogP contribution in [0.25, 0.3) is 0 Å². The summed E-state index contributed by atoms with van der Waals surface area (Å²) >= 11 is 6.06. The summed E-state index contributed by atoms with van der Waals surface area (Å²) in [6.45, 7) is 2.44. The summed E-state index contributed by atoms with van der Waals surface area (Å²) in [4.78, 5) is 12.5. The van der Waals surface area contributed by atoms with Crippen LogP contribution in [-0.2, 0) is 19.6 Å². The van der Waals surface area contributed by atoms with Gasteiger partial charge < -0.3 is 14.5 Å². The van der Waals surface area contributed by atoms with Crippen molar-refractivity contribution in [2.24, 2.45) is 0 Å². The summed E-state index contributed by atoms with van der Waals surface area (Å²) < 4.78 is 26.7. The molecule has 1 N–H and O–H groups in total. The maximum absolute atomic E-state index is 14.0. The van der Waals surface area contributed by atoms with Gasteiger partial charge in [0.15, 0.2) is 5.76 Å². The first kappa shape index (κ1) is 21.6. The van der Waals surface area contributed by atoms with E-state index in [0.29, 0.717) is 22.0 Å². The topological polar surface area (TPSA) is 69.3 Å². The van der Waals surface area contributed by atoms with Crippen LogP contribution in [0.15, 0.2) is 71.4 Å². The second kappa shape index (κ2) is 9.70. The highest BCUT2D eigenvalue weighted by Crippen LogP contribution is 2.21. The Bertz CT molecular complexity index is 1200. The van der Waals surface area contributed by atoms with Crippen LogP contribution < -0.4 is 10.1 Å². The molecule has 0 atom stereocenters. The molecule has 0 saturated heterocycles. The Balaban J connectivity index is 1.34. The first-order chi connectivity index (χ1) is 15.5. The van der Waals surface area contributed by atoms with Crippen LogP contribution in [0.5, 0.6) is 5.75 Å². The van der Waals surface area contributed by atoms with Gasteiger partial charge >= 0.3 is 0 Å². The van der Waals surface area contributed by atoms with E-state index >= 15 is 0 Å². The highest BCUT2D eigenvalue weighted by atomic mass is 35.5. The van der Waals surface area contributed by atoms with Gasteiger partial charge in [0.2, 0.25) is 0 Å². The Kier molecular flexibility index (Phi) is 6.56. The second-order valence-electron chi connectivity index (χ2n) is 7.13. The predicted octanol–water partition coefficient (Wildman–Crippen LogP) is 5.71. The Morgan fingerprint density at radius 3 is 2.75 bits per heavy atom. The molecule has 2 heterocycles. The number of furan rings is 1. The van der Waals surface area contributed by atoms with Crippen LogP contribution in [0, 0.1) is 5.82 Å². The molecule has 4 rings (SSSR count). The Hall–Kier alpha value is -3.58. The molecule has 2 aromatic carbocycles. The molecule has 0 aliphatic carbocycles. The minimum absolute atomic E-state index is 0.142. The number of nitrogens with zero attached hydrogens (tertiary/aromatic N) is 2. The quantitative estimate of drug-likeness (QED) is 0.371. The molecule has 0 bridgehead atoms. The molecule has 6 nitrogen and oxygen atoms in total. The van der Waals surface area contributed by atoms with Crippen LogP contribution in [0.3, 0.4) is 0 Å². The summed E-state index contributed by atoms with van der Waals surface area (Å²) in [5.41, 5.74) is 2.01. The van der Waals surface area contributed by atoms with Crippen molar-refractivity contribution in [1.82, 2.24) is 9.78 Å². The lowest BCUT2D eigenvalue weighted by Crippen LogP contribution is -2.10. The zero-order valence-corrected chi connectivity index (χ0v) is 18.1. The number of aromatic nitrogens is 2. The largest absolute Gasteiger partial charge is 0.486 e. The minimum Gasteiger partial charge on any atom is -0.486 e. The zero-order chi connectivity index (χ0) is 22.5. The van der Waals surface area contributed by atoms with Crippen molar-refractivity contribution in [3.8, 4) is 5.75 Å². The van der Waals surface area contributed by atoms with Gasteiger partial charge in [0.25, 0.3) is 5.91 Å². The molecule has 2 aromatic heterocycles. The number of benzene rings is 2. The molecule has 164 valence electrons. The van der Waals surface area contributed by atoms with Gasteiger partial charge in [-0.3, -0.25) is 9.48 Å². The fraction of sp³-hybridized carbons (Fsp3) is 0.167. The number of anilines is 1. The number of rotatable bonds is 8. The Morgan fingerprint density at radius 2 is 2.00 bits per heavy atom. The van der Waals surface area contributed by atoms with Gasteiger partial charge in [-0.1, -0.05) is 36.7 Å². The van der Waals surface area contributed by atoms with Gasteiger partial charge in [0, 0.05) is 16.8 Å². The van der Waals surface area contributed by atoms with Gasteiger partial charge in [-0.15, -0.1) is 0 Å². The third kappa shape index (κ3) is 5.18. The normalized spacial score (nSPS) is 10.8. The van der Waals surface area contributed by atoms with E-state index in [0.717, 1.165) is 12.2 Å². The number of nitrogens with one attached hydrogen (secondary N) is 1. The number of amides is 1. The monoisotopic (exact) mass is 453 g/mol. The molecule has 0 aliphatic heterocycles. The second-order valence-corrected chi connectivity index (χ2v) is 7.54. The molecule has 32 heavy (non-hydrogen) atoms. The average Bonchev–Trinajstić information content (AvgIpc) is 3.45. The standard InChI is InChI=1S/C24H21ClFN3O3/c1-2-16-6-8-18(9-7-16)31-15-19-10-11-23(32-19)24(30)28-17-12-27-29(13-17)14-20-21(25)4-3-5-22(20)26/h3-13H,2,14-15H2,1H3,(H,28,30). The minimum atomic E-state index is -0.424. The van der Waals surface area contributed by atoms with Crippen LogP contribution in [0.2, 0.25) is 5.02 Å². The number of hydrogen-bond acceptors (Lipinski definition) is 4. The summed E-state index contributed by atoms with van der Waals surface area (Å²) in [6, 6.07) is 15.6. The van der Waals surface area contributed by atoms with E-state index in [9.17, 15) is 9.18 Å². The summed E-state index contributed by atoms with van der Waals surface area (Å²) in [5, 5.41) is 7.17. The number of carbonyl (C=O) groups excluding carboxylic acids is 1. The van der Waals surface area contributed by atoms with Gasteiger partial charge in [0.1, 0.15) is 23.9 Å². The van der Waals surface area contributed by atoms with Crippen molar-refractivity contribution >= 4 is 23.2 Å². The van der Waals surface area contributed by atoms with Crippen LogP contribution in [-0.4, -0.2) is 15.7 Å². The molecule has 1 amide bonds. The molecule has 0 saturated carbocycles. The predicted molar refractivity (Wildman–Crippen MR) is 120 cm³/mol. The smallest absolute Gasteiger partial charge is 0.291 e. The molecule has 4 aromatic rings. The summed E-state index contributed by atoms with van der Waals surface area (Å²) in [5.74, 6) is 0.568. The maximum Gasteiger partial charge on any atom is 0.291 e. The summed E-state index contributed by atoms with van der Waals surface area (Å²) in [7, 11) is 0. The van der Waals surface area contributed by atoms with Crippen molar-refractivity contribution in [3.63, 3.8) is 0 Å². The average molecular weight is 454 g/mol. The van der Waals surface area contributed by atoms with Crippen molar-refractivity contribution in [2.45, 2.75) is 26.5 Å². The molecule has 0 fully saturated rings. The molecule has 0 unspecified atom stereocenters. The van der Waals surface area contributed by atoms with Gasteiger partial charge in [-0.25, -0.2) is 4.39 Å². The van der Waals surface area contributed by atoms with E-state index < -0.39 is 11.7 Å². The third-order valence-electron chi connectivity index (χ3n) is 4.87. The van der Waals surface area contributed by atoms with Crippen LogP contribution >= 0.6 is 11.6 Å². The van der Waals surface area contributed by atoms with Crippen LogP contribution in [0.4, 0.5) is 10.1 Å². The lowest BCUT2D eigenvalue weighted by Gasteiger charge is -2.06. The SMILES string of the molecule is CCc1ccc(OCc2ccc(C(=O)Nc3cnn(Cc4c(F)cccc4Cl)c3)o2)cc1. The van der Waals surface area contributed by atoms with Crippen LogP contribution in [0.1, 0.15) is 34.4 Å². The van der Waals surface area contributed by atoms with Gasteiger partial charge in [-0.05, 0) is 48.4 Å². The Morgan fingerprint density at radius 1 is 1.19 bits per heavy atom. The highest BCUT2D eigenvalue weighted by Gasteiger charge is 2.14. The molecular formula is C24H21ClFN3O3. The van der Waals surface area contributed by atoms with Gasteiger partial charge in [-0.2, -0.15) is 5.10 Å². The van der Waals surface area contributed by atoms with E-state index in [2.05, 4.69) is 17.3 Å². The molecule has 8 heteroatoms. The lowest BCUT2D eigenvalue weighted by atomic mass is 10.2. The zero-order valence-electron chi connectivity index (χ0n) is 17.3. The molecule has 0 spiro atoms. The van der Waals surface area contributed by atoms with Crippen molar-refractivity contribution in [1.29, 1.82) is 0 Å². The first-order valence-electron chi connectivity index (χ1n) is 10.1. The fourth-order valence-corrected chi connectivity index (χ4v) is 3.33.